The maximum atomic E-state index is 10.4. The van der Waals surface area contributed by atoms with Crippen LogP contribution in [0.15, 0.2) is 30.9 Å². The van der Waals surface area contributed by atoms with E-state index in [1.54, 1.807) is 0 Å². The molecule has 160 valence electrons. The molecule has 12 heteroatoms. The van der Waals surface area contributed by atoms with E-state index in [1.165, 1.54) is 35.4 Å². The van der Waals surface area contributed by atoms with Crippen molar-refractivity contribution >= 4 is 5.82 Å². The second kappa shape index (κ2) is 8.01. The van der Waals surface area contributed by atoms with E-state index in [0.717, 1.165) is 0 Å². The number of fused-ring (bicyclic) bond motifs is 1. The average molecular weight is 419 g/mol. The van der Waals surface area contributed by atoms with Gasteiger partial charge in [0.2, 0.25) is 0 Å². The Bertz CT molecular complexity index is 977. The fraction of sp³-hybridized carbons (Fsp3) is 0.389. The number of phenolic OH excluding ortho intramolecular Hbond substituents is 2. The predicted octanol–water partition coefficient (Wildman–Crippen LogP) is -1.23. The second-order valence-corrected chi connectivity index (χ2v) is 6.98. The average Bonchev–Trinajstić information content (AvgIpc) is 3.20. The molecular formula is C18H21N5O7. The van der Waals surface area contributed by atoms with Crippen LogP contribution in [-0.4, -0.2) is 81.2 Å². The van der Waals surface area contributed by atoms with E-state index < -0.39 is 37.3 Å². The van der Waals surface area contributed by atoms with Crippen LogP contribution in [0.4, 0.5) is 5.82 Å². The van der Waals surface area contributed by atoms with Gasteiger partial charge in [0, 0.05) is 12.6 Å². The predicted molar refractivity (Wildman–Crippen MR) is 101 cm³/mol. The van der Waals surface area contributed by atoms with E-state index in [1.807, 2.05) is 0 Å². The van der Waals surface area contributed by atoms with Crippen LogP contribution in [0.25, 0.3) is 11.5 Å². The quantitative estimate of drug-likeness (QED) is 0.263. The summed E-state index contributed by atoms with van der Waals surface area (Å²) in [6.45, 7) is -0.331. The third kappa shape index (κ3) is 3.62. The SMILES string of the molecule is OC[C@H]1OC(n2cnc(NCc3cc(O)cc(O)c3)c3ncnc2-3)[C@H](O)[C@@H](O)[C@@H]1O. The number of aromatic nitrogens is 4. The number of aromatic hydroxyl groups is 2. The van der Waals surface area contributed by atoms with Crippen LogP contribution in [0, 0.1) is 0 Å². The number of hydrogen-bond donors (Lipinski definition) is 7. The molecule has 1 saturated heterocycles. The van der Waals surface area contributed by atoms with Gasteiger partial charge in [-0.1, -0.05) is 0 Å². The van der Waals surface area contributed by atoms with Crippen molar-refractivity contribution in [2.24, 2.45) is 0 Å². The number of nitrogens with zero attached hydrogens (tertiary/aromatic N) is 4. The number of nitrogens with one attached hydrogen (secondary N) is 1. The molecule has 12 nitrogen and oxygen atoms in total. The molecule has 3 aliphatic heterocycles. The Morgan fingerprint density at radius 2 is 1.70 bits per heavy atom. The Morgan fingerprint density at radius 3 is 2.40 bits per heavy atom. The number of anilines is 1. The minimum absolute atomic E-state index is 0.0773. The summed E-state index contributed by atoms with van der Waals surface area (Å²) < 4.78 is 6.92. The highest BCUT2D eigenvalue weighted by Gasteiger charge is 2.45. The van der Waals surface area contributed by atoms with Gasteiger partial charge >= 0.3 is 0 Å². The molecule has 4 rings (SSSR count). The van der Waals surface area contributed by atoms with Crippen molar-refractivity contribution < 1.29 is 35.4 Å². The number of hydrogen-bond acceptors (Lipinski definition) is 11. The first-order valence-corrected chi connectivity index (χ1v) is 9.13. The Morgan fingerprint density at radius 1 is 0.967 bits per heavy atom. The summed E-state index contributed by atoms with van der Waals surface area (Å²) in [6, 6.07) is 4.18. The van der Waals surface area contributed by atoms with Crippen LogP contribution < -0.4 is 5.32 Å². The molecule has 0 saturated carbocycles. The zero-order chi connectivity index (χ0) is 21.4. The molecule has 3 aliphatic rings. The summed E-state index contributed by atoms with van der Waals surface area (Å²) in [5.41, 5.74) is 0.950. The van der Waals surface area contributed by atoms with E-state index in [4.69, 9.17) is 4.74 Å². The highest BCUT2D eigenvalue weighted by Crippen LogP contribution is 2.33. The van der Waals surface area contributed by atoms with E-state index in [2.05, 4.69) is 20.3 Å². The van der Waals surface area contributed by atoms with Gasteiger partial charge in [0.05, 0.1) is 6.61 Å². The molecule has 0 aliphatic carbocycles. The number of aliphatic hydroxyl groups excluding tert-OH is 4. The van der Waals surface area contributed by atoms with Crippen LogP contribution >= 0.6 is 0 Å². The van der Waals surface area contributed by atoms with Crippen molar-refractivity contribution in [2.75, 3.05) is 11.9 Å². The third-order valence-corrected chi connectivity index (χ3v) is 4.92. The summed E-state index contributed by atoms with van der Waals surface area (Å²) in [6.07, 6.45) is -4.13. The van der Waals surface area contributed by atoms with Gasteiger partial charge in [-0.05, 0) is 17.7 Å². The van der Waals surface area contributed by atoms with Gasteiger partial charge in [-0.2, -0.15) is 0 Å². The van der Waals surface area contributed by atoms with Gasteiger partial charge in [-0.3, -0.25) is 4.57 Å². The van der Waals surface area contributed by atoms with E-state index in [0.29, 0.717) is 17.1 Å². The van der Waals surface area contributed by atoms with E-state index >= 15 is 0 Å². The molecule has 1 aromatic rings. The molecule has 1 fully saturated rings. The van der Waals surface area contributed by atoms with Crippen molar-refractivity contribution in [3.8, 4) is 23.0 Å². The highest BCUT2D eigenvalue weighted by atomic mass is 16.6. The van der Waals surface area contributed by atoms with Gasteiger partial charge in [-0.25, -0.2) is 15.0 Å². The summed E-state index contributed by atoms with van der Waals surface area (Å²) in [5, 5.41) is 62.0. The minimum Gasteiger partial charge on any atom is -0.508 e. The lowest BCUT2D eigenvalue weighted by Gasteiger charge is -2.41. The summed E-state index contributed by atoms with van der Waals surface area (Å²) in [5.74, 6) is 0.486. The van der Waals surface area contributed by atoms with E-state index in [-0.39, 0.29) is 23.9 Å². The molecular weight excluding hydrogens is 398 g/mol. The lowest BCUT2D eigenvalue weighted by Crippen LogP contribution is -2.56. The van der Waals surface area contributed by atoms with E-state index in [9.17, 15) is 30.6 Å². The lowest BCUT2D eigenvalue weighted by atomic mass is 9.98. The summed E-state index contributed by atoms with van der Waals surface area (Å²) in [7, 11) is 0. The van der Waals surface area contributed by atoms with Crippen LogP contribution in [0.1, 0.15) is 11.8 Å². The molecule has 3 heterocycles. The first-order valence-electron chi connectivity index (χ1n) is 9.13. The first kappa shape index (κ1) is 20.3. The number of ether oxygens (including phenoxy) is 1. The van der Waals surface area contributed by atoms with Crippen LogP contribution in [0.2, 0.25) is 0 Å². The second-order valence-electron chi connectivity index (χ2n) is 6.98. The lowest BCUT2D eigenvalue weighted by molar-refractivity contribution is -0.251. The van der Waals surface area contributed by atoms with Gasteiger partial charge in [0.25, 0.3) is 0 Å². The van der Waals surface area contributed by atoms with Crippen LogP contribution in [0.3, 0.4) is 0 Å². The Hall–Kier alpha value is -3.03. The fourth-order valence-electron chi connectivity index (χ4n) is 3.42. The van der Waals surface area contributed by atoms with Crippen molar-refractivity contribution in [3.63, 3.8) is 0 Å². The molecule has 1 aromatic carbocycles. The van der Waals surface area contributed by atoms with Gasteiger partial charge < -0.3 is 40.7 Å². The molecule has 5 atom stereocenters. The summed E-state index contributed by atoms with van der Waals surface area (Å²) in [4.78, 5) is 12.6. The molecule has 0 aromatic heterocycles. The number of aliphatic hydroxyl groups is 4. The standard InChI is InChI=1S/C18H21N5O7/c24-5-11-13(27)14(28)15(29)18(30-11)23-7-22-16(12-17(23)21-6-20-12)19-4-8-1-9(25)3-10(26)2-8/h1-3,6-7,11,13-15,18-19,24-29H,4-5H2/t11-,13-,14+,15-,18?/m1/s1. The Kier molecular flexibility index (Phi) is 5.40. The van der Waals surface area contributed by atoms with Crippen molar-refractivity contribution in [1.82, 2.24) is 19.5 Å². The molecule has 0 radical (unpaired) electrons. The van der Waals surface area contributed by atoms with Crippen LogP contribution in [0.5, 0.6) is 11.5 Å². The number of rotatable bonds is 5. The zero-order valence-electron chi connectivity index (χ0n) is 15.6. The summed E-state index contributed by atoms with van der Waals surface area (Å²) >= 11 is 0. The smallest absolute Gasteiger partial charge is 0.167 e. The number of phenols is 2. The molecule has 1 unspecified atom stereocenters. The van der Waals surface area contributed by atoms with Gasteiger partial charge in [0.15, 0.2) is 23.6 Å². The maximum absolute atomic E-state index is 10.4. The normalized spacial score (nSPS) is 26.7. The fourth-order valence-corrected chi connectivity index (χ4v) is 3.42. The zero-order valence-corrected chi connectivity index (χ0v) is 15.6. The monoisotopic (exact) mass is 419 g/mol. The molecule has 0 spiro atoms. The Balaban J connectivity index is 1.61. The topological polar surface area (TPSA) is 186 Å². The largest absolute Gasteiger partial charge is 0.508 e. The Labute approximate surface area is 170 Å². The first-order chi connectivity index (χ1) is 14.4. The molecule has 30 heavy (non-hydrogen) atoms. The molecule has 0 bridgehead atoms. The van der Waals surface area contributed by atoms with Crippen molar-refractivity contribution in [3.05, 3.63) is 36.4 Å². The molecule has 0 amide bonds. The van der Waals surface area contributed by atoms with Crippen molar-refractivity contribution in [2.45, 2.75) is 37.2 Å². The maximum Gasteiger partial charge on any atom is 0.167 e. The molecule has 7 N–H and O–H groups in total. The number of benzene rings is 1. The minimum atomic E-state index is -1.54. The third-order valence-electron chi connectivity index (χ3n) is 4.92. The highest BCUT2D eigenvalue weighted by molar-refractivity contribution is 5.67. The van der Waals surface area contributed by atoms with Crippen LogP contribution in [-0.2, 0) is 11.3 Å². The van der Waals surface area contributed by atoms with Gasteiger partial charge in [-0.15, -0.1) is 0 Å². The van der Waals surface area contributed by atoms with Crippen molar-refractivity contribution in [1.29, 1.82) is 0 Å². The van der Waals surface area contributed by atoms with Gasteiger partial charge in [0.1, 0.15) is 48.6 Å². The number of imidazole rings is 1.